The Labute approximate surface area is 219 Å². The first-order valence-corrected chi connectivity index (χ1v) is 12.4. The quantitative estimate of drug-likeness (QED) is 0.203. The van der Waals surface area contributed by atoms with Gasteiger partial charge in [0.15, 0.2) is 4.80 Å². The highest BCUT2D eigenvalue weighted by atomic mass is 32.1. The fourth-order valence-corrected chi connectivity index (χ4v) is 5.17. The Morgan fingerprint density at radius 3 is 2.53 bits per heavy atom. The van der Waals surface area contributed by atoms with E-state index in [1.54, 1.807) is 38.3 Å². The Hall–Kier alpha value is -4.77. The van der Waals surface area contributed by atoms with Crippen molar-refractivity contribution in [2.24, 2.45) is 4.99 Å². The Bertz CT molecular complexity index is 1730. The number of carbonyl (C=O) groups excluding carboxylic acids is 1. The molecule has 0 amide bonds. The molecule has 5 rings (SSSR count). The van der Waals surface area contributed by atoms with Crippen LogP contribution in [0.1, 0.15) is 29.9 Å². The number of furan rings is 1. The lowest BCUT2D eigenvalue weighted by Crippen LogP contribution is -2.40. The number of nitrogens with zero attached hydrogens (tertiary/aromatic N) is 3. The summed E-state index contributed by atoms with van der Waals surface area (Å²) in [7, 11) is 1.55. The highest BCUT2D eigenvalue weighted by Gasteiger charge is 2.35. The van der Waals surface area contributed by atoms with Gasteiger partial charge in [-0.2, -0.15) is 0 Å². The van der Waals surface area contributed by atoms with E-state index in [9.17, 15) is 19.7 Å². The summed E-state index contributed by atoms with van der Waals surface area (Å²) in [5.74, 6) is -0.260. The van der Waals surface area contributed by atoms with Gasteiger partial charge in [0.2, 0.25) is 0 Å². The second kappa shape index (κ2) is 10.3. The van der Waals surface area contributed by atoms with E-state index in [0.717, 1.165) is 11.3 Å². The molecule has 1 aliphatic rings. The van der Waals surface area contributed by atoms with E-state index in [2.05, 4.69) is 0 Å². The van der Waals surface area contributed by atoms with E-state index in [1.165, 1.54) is 22.8 Å². The van der Waals surface area contributed by atoms with Gasteiger partial charge in [-0.25, -0.2) is 9.79 Å². The third kappa shape index (κ3) is 4.55. The minimum absolute atomic E-state index is 0.140. The van der Waals surface area contributed by atoms with E-state index in [0.29, 0.717) is 27.4 Å². The minimum Gasteiger partial charge on any atom is -0.497 e. The molecule has 0 fully saturated rings. The molecule has 0 saturated carbocycles. The molecule has 11 heteroatoms. The first-order chi connectivity index (χ1) is 18.4. The van der Waals surface area contributed by atoms with E-state index < -0.39 is 28.4 Å². The summed E-state index contributed by atoms with van der Waals surface area (Å²) in [6.45, 7) is 1.85. The summed E-state index contributed by atoms with van der Waals surface area (Å²) in [6, 6.07) is 18.0. The van der Waals surface area contributed by atoms with E-state index in [1.807, 2.05) is 30.3 Å². The van der Waals surface area contributed by atoms with Gasteiger partial charge in [-0.3, -0.25) is 19.5 Å². The van der Waals surface area contributed by atoms with Crippen LogP contribution < -0.4 is 19.6 Å². The van der Waals surface area contributed by atoms with Crippen LogP contribution in [0.2, 0.25) is 0 Å². The predicted octanol–water partition coefficient (Wildman–Crippen LogP) is 3.45. The largest absolute Gasteiger partial charge is 0.497 e. The lowest BCUT2D eigenvalue weighted by molar-refractivity contribution is -0.402. The number of hydrogen-bond acceptors (Lipinski definition) is 9. The molecule has 0 radical (unpaired) electrons. The molecular formula is C27H21N3O7S. The summed E-state index contributed by atoms with van der Waals surface area (Å²) in [5, 5.41) is 11.0. The second-order valence-corrected chi connectivity index (χ2v) is 9.15. The third-order valence-corrected chi connectivity index (χ3v) is 6.85. The number of ether oxygens (including phenoxy) is 2. The van der Waals surface area contributed by atoms with Gasteiger partial charge in [-0.15, -0.1) is 0 Å². The van der Waals surface area contributed by atoms with Crippen LogP contribution in [-0.2, 0) is 9.53 Å². The van der Waals surface area contributed by atoms with Crippen molar-refractivity contribution < 1.29 is 23.6 Å². The lowest BCUT2D eigenvalue weighted by atomic mass is 9.93. The summed E-state index contributed by atoms with van der Waals surface area (Å²) in [5.41, 5.74) is 1.52. The maximum Gasteiger partial charge on any atom is 0.433 e. The maximum absolute atomic E-state index is 13.7. The Morgan fingerprint density at radius 1 is 1.16 bits per heavy atom. The SMILES string of the molecule is CCOC(=O)C1=C(c2ccccc2)N=c2s/c(=C\c3ccc([N+](=O)[O-])o3)c(=O)n2[C@H]1c1ccc(OC)cc1. The summed E-state index contributed by atoms with van der Waals surface area (Å²) < 4.78 is 17.6. The molecule has 10 nitrogen and oxygen atoms in total. The van der Waals surface area contributed by atoms with Crippen molar-refractivity contribution in [2.75, 3.05) is 13.7 Å². The number of benzene rings is 2. The average molecular weight is 532 g/mol. The van der Waals surface area contributed by atoms with Gasteiger partial charge in [0.1, 0.15) is 16.4 Å². The number of thiazole rings is 1. The van der Waals surface area contributed by atoms with Crippen molar-refractivity contribution in [2.45, 2.75) is 13.0 Å². The van der Waals surface area contributed by atoms with Gasteiger partial charge in [0.05, 0.1) is 41.6 Å². The number of carbonyl (C=O) groups is 1. The fraction of sp³-hybridized carbons (Fsp3) is 0.148. The highest BCUT2D eigenvalue weighted by Crippen LogP contribution is 2.35. The molecule has 0 unspecified atom stereocenters. The molecule has 2 aromatic heterocycles. The molecule has 192 valence electrons. The van der Waals surface area contributed by atoms with Gasteiger partial charge in [-0.1, -0.05) is 53.8 Å². The van der Waals surface area contributed by atoms with Crippen molar-refractivity contribution in [3.05, 3.63) is 119 Å². The van der Waals surface area contributed by atoms with Gasteiger partial charge in [0.25, 0.3) is 5.56 Å². The Balaban J connectivity index is 1.80. The average Bonchev–Trinajstić information content (AvgIpc) is 3.53. The summed E-state index contributed by atoms with van der Waals surface area (Å²) in [4.78, 5) is 42.6. The molecule has 0 bridgehead atoms. The number of esters is 1. The zero-order chi connectivity index (χ0) is 26.8. The van der Waals surface area contributed by atoms with Gasteiger partial charge >= 0.3 is 11.9 Å². The van der Waals surface area contributed by atoms with Crippen LogP contribution in [0.5, 0.6) is 5.75 Å². The molecule has 0 N–H and O–H groups in total. The van der Waals surface area contributed by atoms with Crippen LogP contribution in [0.25, 0.3) is 11.8 Å². The molecule has 2 aromatic carbocycles. The smallest absolute Gasteiger partial charge is 0.433 e. The van der Waals surface area contributed by atoms with Crippen molar-refractivity contribution in [1.29, 1.82) is 0 Å². The zero-order valence-corrected chi connectivity index (χ0v) is 21.1. The van der Waals surface area contributed by atoms with Crippen molar-refractivity contribution in [3.63, 3.8) is 0 Å². The molecule has 1 atom stereocenters. The van der Waals surface area contributed by atoms with Crippen LogP contribution in [-0.4, -0.2) is 29.2 Å². The number of rotatable bonds is 7. The number of hydrogen-bond donors (Lipinski definition) is 0. The minimum atomic E-state index is -0.848. The summed E-state index contributed by atoms with van der Waals surface area (Å²) >= 11 is 1.09. The molecule has 0 saturated heterocycles. The third-order valence-electron chi connectivity index (χ3n) is 5.87. The van der Waals surface area contributed by atoms with Gasteiger partial charge in [-0.05, 0) is 30.7 Å². The molecule has 0 spiro atoms. The van der Waals surface area contributed by atoms with Crippen LogP contribution in [0.3, 0.4) is 0 Å². The van der Waals surface area contributed by atoms with E-state index >= 15 is 0 Å². The Kier molecular flexibility index (Phi) is 6.75. The van der Waals surface area contributed by atoms with Crippen LogP contribution in [0.15, 0.2) is 86.5 Å². The second-order valence-electron chi connectivity index (χ2n) is 8.14. The fourth-order valence-electron chi connectivity index (χ4n) is 4.19. The van der Waals surface area contributed by atoms with Gasteiger partial charge < -0.3 is 13.9 Å². The van der Waals surface area contributed by atoms with E-state index in [-0.39, 0.29) is 22.5 Å². The lowest BCUT2D eigenvalue weighted by Gasteiger charge is -2.26. The monoisotopic (exact) mass is 531 g/mol. The highest BCUT2D eigenvalue weighted by molar-refractivity contribution is 7.07. The first kappa shape index (κ1) is 24.9. The normalized spacial score (nSPS) is 15.1. The van der Waals surface area contributed by atoms with Crippen molar-refractivity contribution in [3.8, 4) is 5.75 Å². The molecule has 0 aliphatic carbocycles. The van der Waals surface area contributed by atoms with E-state index in [4.69, 9.17) is 18.9 Å². The number of aromatic nitrogens is 1. The van der Waals surface area contributed by atoms with Crippen molar-refractivity contribution >= 4 is 35.0 Å². The Morgan fingerprint density at radius 2 is 1.89 bits per heavy atom. The number of fused-ring (bicyclic) bond motifs is 1. The number of nitro groups is 1. The standard InChI is InChI=1S/C27H21N3O7S/c1-3-36-26(32)22-23(16-7-5-4-6-8-16)28-27-29(24(22)17-9-11-18(35-2)12-10-17)25(31)20(38-27)15-19-13-14-21(37-19)30(33)34/h4-15,24H,3H2,1-2H3/b20-15-/t24-/m0/s1. The van der Waals surface area contributed by atoms with Crippen LogP contribution >= 0.6 is 11.3 Å². The summed E-state index contributed by atoms with van der Waals surface area (Å²) in [6.07, 6.45) is 1.43. The molecule has 4 aromatic rings. The topological polar surface area (TPSA) is 126 Å². The molecule has 3 heterocycles. The molecule has 1 aliphatic heterocycles. The molecule has 38 heavy (non-hydrogen) atoms. The first-order valence-electron chi connectivity index (χ1n) is 11.6. The van der Waals surface area contributed by atoms with Crippen LogP contribution in [0, 0.1) is 10.1 Å². The zero-order valence-electron chi connectivity index (χ0n) is 20.3. The van der Waals surface area contributed by atoms with Crippen LogP contribution in [0.4, 0.5) is 5.88 Å². The van der Waals surface area contributed by atoms with Crippen molar-refractivity contribution in [1.82, 2.24) is 4.57 Å². The molecular weight excluding hydrogens is 510 g/mol. The number of methoxy groups -OCH3 is 1. The maximum atomic E-state index is 13.7. The van der Waals surface area contributed by atoms with Gasteiger partial charge in [0, 0.05) is 11.6 Å². The predicted molar refractivity (Wildman–Crippen MR) is 139 cm³/mol.